The number of halogens is 1. The number of nitrogens with one attached hydrogen (secondary N) is 2. The van der Waals surface area contributed by atoms with E-state index in [4.69, 9.17) is 4.74 Å². The lowest BCUT2D eigenvalue weighted by molar-refractivity contribution is -0.128. The predicted molar refractivity (Wildman–Crippen MR) is 83.3 cm³/mol. The van der Waals surface area contributed by atoms with Crippen LogP contribution in [0.15, 0.2) is 18.2 Å². The Kier molecular flexibility index (Phi) is 6.34. The van der Waals surface area contributed by atoms with E-state index in [0.29, 0.717) is 12.3 Å². The number of hydrogen-bond acceptors (Lipinski definition) is 3. The highest BCUT2D eigenvalue weighted by Gasteiger charge is 2.20. The lowest BCUT2D eigenvalue weighted by Crippen LogP contribution is -2.36. The highest BCUT2D eigenvalue weighted by Crippen LogP contribution is 2.25. The molecule has 5 nitrogen and oxygen atoms in total. The first-order valence-corrected chi connectivity index (χ1v) is 7.24. The Morgan fingerprint density at radius 2 is 1.95 bits per heavy atom. The molecule has 6 heteroatoms. The van der Waals surface area contributed by atoms with E-state index < -0.39 is 11.2 Å². The zero-order valence-corrected chi connectivity index (χ0v) is 13.5. The molecule has 2 N–H and O–H groups in total. The van der Waals surface area contributed by atoms with Gasteiger partial charge in [0.05, 0.1) is 12.3 Å². The maximum atomic E-state index is 13.2. The lowest BCUT2D eigenvalue weighted by atomic mass is 9.96. The molecule has 0 spiro atoms. The third-order valence-electron chi connectivity index (χ3n) is 2.84. The summed E-state index contributed by atoms with van der Waals surface area (Å²) >= 11 is 0. The molecule has 0 aliphatic heterocycles. The molecule has 0 fully saturated rings. The van der Waals surface area contributed by atoms with Gasteiger partial charge in [-0.15, -0.1) is 0 Å². The summed E-state index contributed by atoms with van der Waals surface area (Å²) in [6.07, 6.45) is 0.130. The topological polar surface area (TPSA) is 67.4 Å². The second-order valence-electron chi connectivity index (χ2n) is 5.88. The molecule has 1 aromatic carbocycles. The molecule has 0 saturated carbocycles. The Bertz CT molecular complexity index is 539. The zero-order chi connectivity index (χ0) is 16.8. The van der Waals surface area contributed by atoms with Gasteiger partial charge >= 0.3 is 0 Å². The zero-order valence-electron chi connectivity index (χ0n) is 13.5. The van der Waals surface area contributed by atoms with Gasteiger partial charge in [-0.25, -0.2) is 4.39 Å². The highest BCUT2D eigenvalue weighted by atomic mass is 19.1. The molecule has 0 radical (unpaired) electrons. The van der Waals surface area contributed by atoms with Gasteiger partial charge in [0.1, 0.15) is 11.6 Å². The van der Waals surface area contributed by atoms with Gasteiger partial charge < -0.3 is 15.4 Å². The number of amides is 2. The molecule has 0 aliphatic rings. The SMILES string of the molecule is CCOc1cc(F)ccc1NC(=O)CCNC(=O)C(C)(C)C. The Hall–Kier alpha value is -2.11. The molecule has 0 aliphatic carbocycles. The molecule has 0 bridgehead atoms. The van der Waals surface area contributed by atoms with Gasteiger partial charge in [-0.3, -0.25) is 9.59 Å². The van der Waals surface area contributed by atoms with Crippen LogP contribution in [0.2, 0.25) is 0 Å². The second kappa shape index (κ2) is 7.77. The van der Waals surface area contributed by atoms with Gasteiger partial charge in [0.15, 0.2) is 0 Å². The predicted octanol–water partition coefficient (Wildman–Crippen LogP) is 2.72. The first-order chi connectivity index (χ1) is 10.2. The van der Waals surface area contributed by atoms with Gasteiger partial charge in [0.25, 0.3) is 0 Å². The van der Waals surface area contributed by atoms with Crippen LogP contribution < -0.4 is 15.4 Å². The van der Waals surface area contributed by atoms with Crippen LogP contribution in [0.4, 0.5) is 10.1 Å². The molecule has 0 aromatic heterocycles. The van der Waals surface area contributed by atoms with Crippen LogP contribution in [-0.4, -0.2) is 25.0 Å². The van der Waals surface area contributed by atoms with Crippen molar-refractivity contribution in [1.29, 1.82) is 0 Å². The van der Waals surface area contributed by atoms with Crippen LogP contribution in [0.1, 0.15) is 34.1 Å². The van der Waals surface area contributed by atoms with Crippen molar-refractivity contribution in [3.05, 3.63) is 24.0 Å². The van der Waals surface area contributed by atoms with Gasteiger partial charge in [0.2, 0.25) is 11.8 Å². The van der Waals surface area contributed by atoms with Crippen LogP contribution in [0.3, 0.4) is 0 Å². The van der Waals surface area contributed by atoms with Crippen molar-refractivity contribution in [2.24, 2.45) is 5.41 Å². The Balaban J connectivity index is 2.54. The largest absolute Gasteiger partial charge is 0.492 e. The molecular weight excluding hydrogens is 287 g/mol. The van der Waals surface area contributed by atoms with Crippen molar-refractivity contribution in [2.45, 2.75) is 34.1 Å². The number of carbonyl (C=O) groups excluding carboxylic acids is 2. The molecule has 22 heavy (non-hydrogen) atoms. The van der Waals surface area contributed by atoms with E-state index in [0.717, 1.165) is 0 Å². The maximum Gasteiger partial charge on any atom is 0.226 e. The average molecular weight is 310 g/mol. The fraction of sp³-hybridized carbons (Fsp3) is 0.500. The minimum absolute atomic E-state index is 0.114. The number of anilines is 1. The van der Waals surface area contributed by atoms with E-state index in [9.17, 15) is 14.0 Å². The van der Waals surface area contributed by atoms with Crippen molar-refractivity contribution >= 4 is 17.5 Å². The van der Waals surface area contributed by atoms with E-state index in [1.807, 2.05) is 0 Å². The van der Waals surface area contributed by atoms with Crippen molar-refractivity contribution < 1.29 is 18.7 Å². The summed E-state index contributed by atoms with van der Waals surface area (Å²) in [5.41, 5.74) is -0.0781. The van der Waals surface area contributed by atoms with Crippen LogP contribution in [-0.2, 0) is 9.59 Å². The number of carbonyl (C=O) groups is 2. The first kappa shape index (κ1) is 17.9. The number of rotatable bonds is 6. The molecule has 0 heterocycles. The third kappa shape index (κ3) is 5.71. The fourth-order valence-corrected chi connectivity index (χ4v) is 1.64. The van der Waals surface area contributed by atoms with E-state index >= 15 is 0 Å². The Labute approximate surface area is 130 Å². The fourth-order valence-electron chi connectivity index (χ4n) is 1.64. The summed E-state index contributed by atoms with van der Waals surface area (Å²) in [6, 6.07) is 3.92. The van der Waals surface area contributed by atoms with Crippen LogP contribution in [0, 0.1) is 11.2 Å². The average Bonchev–Trinajstić information content (AvgIpc) is 2.41. The molecule has 122 valence electrons. The first-order valence-electron chi connectivity index (χ1n) is 7.24. The van der Waals surface area contributed by atoms with Crippen LogP contribution in [0.25, 0.3) is 0 Å². The number of ether oxygens (including phenoxy) is 1. The Morgan fingerprint density at radius 1 is 1.27 bits per heavy atom. The van der Waals surface area contributed by atoms with E-state index in [2.05, 4.69) is 10.6 Å². The highest BCUT2D eigenvalue weighted by molar-refractivity contribution is 5.92. The van der Waals surface area contributed by atoms with E-state index in [1.54, 1.807) is 27.7 Å². The summed E-state index contributed by atoms with van der Waals surface area (Å²) in [5.74, 6) is -0.535. The van der Waals surface area contributed by atoms with Gasteiger partial charge in [0, 0.05) is 24.4 Å². The lowest BCUT2D eigenvalue weighted by Gasteiger charge is -2.17. The van der Waals surface area contributed by atoms with Gasteiger partial charge in [-0.1, -0.05) is 20.8 Å². The van der Waals surface area contributed by atoms with Gasteiger partial charge in [-0.05, 0) is 19.1 Å². The van der Waals surface area contributed by atoms with Crippen molar-refractivity contribution in [1.82, 2.24) is 5.32 Å². The molecule has 1 rings (SSSR count). The monoisotopic (exact) mass is 310 g/mol. The van der Waals surface area contributed by atoms with E-state index in [-0.39, 0.29) is 30.5 Å². The second-order valence-corrected chi connectivity index (χ2v) is 5.88. The van der Waals surface area contributed by atoms with E-state index in [1.165, 1.54) is 18.2 Å². The Morgan fingerprint density at radius 3 is 2.55 bits per heavy atom. The molecule has 0 atom stereocenters. The van der Waals surface area contributed by atoms with Gasteiger partial charge in [-0.2, -0.15) is 0 Å². The van der Waals surface area contributed by atoms with Crippen molar-refractivity contribution in [3.63, 3.8) is 0 Å². The standard InChI is InChI=1S/C16H23FN2O3/c1-5-22-13-10-11(17)6-7-12(13)19-14(20)8-9-18-15(21)16(2,3)4/h6-7,10H,5,8-9H2,1-4H3,(H,18,21)(H,19,20). The third-order valence-corrected chi connectivity index (χ3v) is 2.84. The molecule has 0 unspecified atom stereocenters. The summed E-state index contributed by atoms with van der Waals surface area (Å²) in [4.78, 5) is 23.5. The summed E-state index contributed by atoms with van der Waals surface area (Å²) in [5, 5.41) is 5.35. The molecule has 2 amide bonds. The van der Waals surface area contributed by atoms with Crippen molar-refractivity contribution in [2.75, 3.05) is 18.5 Å². The molecule has 1 aromatic rings. The summed E-state index contributed by atoms with van der Waals surface area (Å²) in [6.45, 7) is 7.79. The molecule has 0 saturated heterocycles. The normalized spacial score (nSPS) is 11.0. The minimum atomic E-state index is -0.491. The minimum Gasteiger partial charge on any atom is -0.492 e. The number of benzene rings is 1. The summed E-state index contributed by atoms with van der Waals surface area (Å²) in [7, 11) is 0. The van der Waals surface area contributed by atoms with Crippen LogP contribution in [0.5, 0.6) is 5.75 Å². The van der Waals surface area contributed by atoms with Crippen LogP contribution >= 0.6 is 0 Å². The maximum absolute atomic E-state index is 13.2. The number of hydrogen-bond donors (Lipinski definition) is 2. The molecular formula is C16H23FN2O3. The smallest absolute Gasteiger partial charge is 0.226 e. The quantitative estimate of drug-likeness (QED) is 0.849. The van der Waals surface area contributed by atoms with Crippen molar-refractivity contribution in [3.8, 4) is 5.75 Å². The summed E-state index contributed by atoms with van der Waals surface area (Å²) < 4.78 is 18.5.